The van der Waals surface area contributed by atoms with Crippen LogP contribution in [-0.4, -0.2) is 45.3 Å². The minimum Gasteiger partial charge on any atom is -0.391 e. The summed E-state index contributed by atoms with van der Waals surface area (Å²) in [7, 11) is 0. The van der Waals surface area contributed by atoms with E-state index in [1.54, 1.807) is 11.1 Å². The fourth-order valence-electron chi connectivity index (χ4n) is 2.68. The van der Waals surface area contributed by atoms with Crippen LogP contribution in [0.15, 0.2) is 36.5 Å². The van der Waals surface area contributed by atoms with Gasteiger partial charge in [-0.15, -0.1) is 0 Å². The summed E-state index contributed by atoms with van der Waals surface area (Å²) in [5.74, 6) is 0.167. The number of β-amino-alcohol motifs (C(OH)–C–C–N with tert-alkyl or cyclic N) is 1. The van der Waals surface area contributed by atoms with Gasteiger partial charge in [-0.2, -0.15) is 5.10 Å². The summed E-state index contributed by atoms with van der Waals surface area (Å²) in [6.45, 7) is 3.08. The molecule has 1 aromatic carbocycles. The molecule has 0 bridgehead atoms. The third-order valence-electron chi connectivity index (χ3n) is 4.14. The molecule has 21 heavy (non-hydrogen) atoms. The lowest BCUT2D eigenvalue weighted by Crippen LogP contribution is -2.45. The highest BCUT2D eigenvalue weighted by Crippen LogP contribution is 2.24. The summed E-state index contributed by atoms with van der Waals surface area (Å²) in [6.07, 6.45) is 1.94. The fourth-order valence-corrected chi connectivity index (χ4v) is 2.68. The van der Waals surface area contributed by atoms with Gasteiger partial charge in [0.2, 0.25) is 0 Å². The molecule has 0 saturated carbocycles. The number of likely N-dealkylation sites (tertiary alicyclic amines) is 1. The highest BCUT2D eigenvalue weighted by molar-refractivity contribution is 5.99. The van der Waals surface area contributed by atoms with Gasteiger partial charge in [-0.1, -0.05) is 37.3 Å². The second-order valence-electron chi connectivity index (χ2n) is 5.61. The zero-order valence-corrected chi connectivity index (χ0v) is 12.0. The van der Waals surface area contributed by atoms with E-state index < -0.39 is 6.10 Å². The van der Waals surface area contributed by atoms with E-state index in [1.165, 1.54) is 0 Å². The van der Waals surface area contributed by atoms with Crippen molar-refractivity contribution in [1.82, 2.24) is 15.1 Å². The van der Waals surface area contributed by atoms with Crippen molar-refractivity contribution in [3.8, 4) is 11.3 Å². The second-order valence-corrected chi connectivity index (χ2v) is 5.61. The van der Waals surface area contributed by atoms with E-state index in [0.29, 0.717) is 18.7 Å². The molecular weight excluding hydrogens is 266 g/mol. The lowest BCUT2D eigenvalue weighted by atomic mass is 9.95. The quantitative estimate of drug-likeness (QED) is 0.885. The predicted octanol–water partition coefficient (Wildman–Crippen LogP) is 1.92. The molecule has 5 heteroatoms. The van der Waals surface area contributed by atoms with Gasteiger partial charge in [0.05, 0.1) is 23.6 Å². The molecule has 2 heterocycles. The molecule has 1 fully saturated rings. The van der Waals surface area contributed by atoms with Crippen molar-refractivity contribution in [2.45, 2.75) is 19.4 Å². The predicted molar refractivity (Wildman–Crippen MR) is 79.7 cm³/mol. The van der Waals surface area contributed by atoms with E-state index in [0.717, 1.165) is 17.7 Å². The molecule has 0 aliphatic carbocycles. The van der Waals surface area contributed by atoms with Gasteiger partial charge >= 0.3 is 0 Å². The molecule has 1 amide bonds. The molecule has 2 unspecified atom stereocenters. The Balaban J connectivity index is 1.85. The summed E-state index contributed by atoms with van der Waals surface area (Å²) < 4.78 is 0. The van der Waals surface area contributed by atoms with Crippen molar-refractivity contribution in [1.29, 1.82) is 0 Å². The molecule has 5 nitrogen and oxygen atoms in total. The lowest BCUT2D eigenvalue weighted by Gasteiger charge is -2.34. The number of aromatic nitrogens is 2. The molecule has 110 valence electrons. The average Bonchev–Trinajstić information content (AvgIpc) is 2.99. The lowest BCUT2D eigenvalue weighted by molar-refractivity contribution is 0.0249. The van der Waals surface area contributed by atoms with Crippen molar-refractivity contribution in [2.24, 2.45) is 5.92 Å². The normalized spacial score (nSPS) is 22.3. The standard InChI is InChI=1S/C16H19N3O2/c1-11-7-8-19(10-14(11)20)16(21)13-9-17-18-15(13)12-5-3-2-4-6-12/h2-6,9,11,14,20H,7-8,10H2,1H3,(H,17,18). The summed E-state index contributed by atoms with van der Waals surface area (Å²) in [5, 5.41) is 16.9. The number of rotatable bonds is 2. The Morgan fingerprint density at radius 1 is 1.38 bits per heavy atom. The molecule has 1 saturated heterocycles. The third-order valence-corrected chi connectivity index (χ3v) is 4.14. The Morgan fingerprint density at radius 2 is 2.14 bits per heavy atom. The minimum absolute atomic E-state index is 0.0754. The van der Waals surface area contributed by atoms with Crippen molar-refractivity contribution in [2.75, 3.05) is 13.1 Å². The molecule has 2 atom stereocenters. The number of hydrogen-bond acceptors (Lipinski definition) is 3. The molecule has 1 aliphatic rings. The molecule has 1 aromatic heterocycles. The number of piperidine rings is 1. The SMILES string of the molecule is CC1CCN(C(=O)c2cn[nH]c2-c2ccccc2)CC1O. The highest BCUT2D eigenvalue weighted by Gasteiger charge is 2.29. The van der Waals surface area contributed by atoms with Crippen LogP contribution in [0.5, 0.6) is 0 Å². The van der Waals surface area contributed by atoms with Crippen LogP contribution >= 0.6 is 0 Å². The maximum absolute atomic E-state index is 12.7. The maximum atomic E-state index is 12.7. The Bertz CT molecular complexity index is 623. The zero-order valence-electron chi connectivity index (χ0n) is 12.0. The van der Waals surface area contributed by atoms with Gasteiger partial charge in [0.15, 0.2) is 0 Å². The number of nitrogens with zero attached hydrogens (tertiary/aromatic N) is 2. The average molecular weight is 285 g/mol. The first kappa shape index (κ1) is 13.8. The van der Waals surface area contributed by atoms with Gasteiger partial charge in [0.25, 0.3) is 5.91 Å². The zero-order chi connectivity index (χ0) is 14.8. The van der Waals surface area contributed by atoms with Crippen LogP contribution in [-0.2, 0) is 0 Å². The minimum atomic E-state index is -0.449. The van der Waals surface area contributed by atoms with E-state index in [1.807, 2.05) is 37.3 Å². The number of amides is 1. The number of carbonyl (C=O) groups is 1. The van der Waals surface area contributed by atoms with Crippen molar-refractivity contribution >= 4 is 5.91 Å². The summed E-state index contributed by atoms with van der Waals surface area (Å²) in [5.41, 5.74) is 2.22. The fraction of sp³-hybridized carbons (Fsp3) is 0.375. The highest BCUT2D eigenvalue weighted by atomic mass is 16.3. The summed E-state index contributed by atoms with van der Waals surface area (Å²) in [4.78, 5) is 14.4. The van der Waals surface area contributed by atoms with Gasteiger partial charge < -0.3 is 10.0 Å². The topological polar surface area (TPSA) is 69.2 Å². The molecule has 1 aliphatic heterocycles. The van der Waals surface area contributed by atoms with Crippen LogP contribution in [0.2, 0.25) is 0 Å². The first-order valence-electron chi connectivity index (χ1n) is 7.23. The maximum Gasteiger partial charge on any atom is 0.257 e. The Hall–Kier alpha value is -2.14. The van der Waals surface area contributed by atoms with Crippen molar-refractivity contribution in [3.63, 3.8) is 0 Å². The molecule has 2 aromatic rings. The summed E-state index contributed by atoms with van der Waals surface area (Å²) in [6, 6.07) is 9.67. The molecule has 2 N–H and O–H groups in total. The Labute approximate surface area is 123 Å². The van der Waals surface area contributed by atoms with Crippen LogP contribution in [0.25, 0.3) is 11.3 Å². The van der Waals surface area contributed by atoms with E-state index in [9.17, 15) is 9.90 Å². The van der Waals surface area contributed by atoms with E-state index in [4.69, 9.17) is 0 Å². The third kappa shape index (κ3) is 2.69. The number of aliphatic hydroxyl groups excluding tert-OH is 1. The van der Waals surface area contributed by atoms with Gasteiger partial charge in [-0.05, 0) is 12.3 Å². The van der Waals surface area contributed by atoms with Crippen LogP contribution in [0.1, 0.15) is 23.7 Å². The van der Waals surface area contributed by atoms with Gasteiger partial charge in [-0.3, -0.25) is 9.89 Å². The van der Waals surface area contributed by atoms with Crippen LogP contribution in [0, 0.1) is 5.92 Å². The largest absolute Gasteiger partial charge is 0.391 e. The molecular formula is C16H19N3O2. The van der Waals surface area contributed by atoms with Crippen LogP contribution in [0.4, 0.5) is 0 Å². The van der Waals surface area contributed by atoms with Crippen molar-refractivity contribution in [3.05, 3.63) is 42.1 Å². The van der Waals surface area contributed by atoms with Gasteiger partial charge in [-0.25, -0.2) is 0 Å². The number of hydrogen-bond donors (Lipinski definition) is 2. The molecule has 0 spiro atoms. The first-order chi connectivity index (χ1) is 10.2. The van der Waals surface area contributed by atoms with Crippen LogP contribution < -0.4 is 0 Å². The van der Waals surface area contributed by atoms with Gasteiger partial charge in [0.1, 0.15) is 0 Å². The van der Waals surface area contributed by atoms with E-state index >= 15 is 0 Å². The summed E-state index contributed by atoms with van der Waals surface area (Å²) >= 11 is 0. The Morgan fingerprint density at radius 3 is 2.86 bits per heavy atom. The number of H-pyrrole nitrogens is 1. The number of nitrogens with one attached hydrogen (secondary N) is 1. The number of aromatic amines is 1. The number of aliphatic hydroxyl groups is 1. The van der Waals surface area contributed by atoms with E-state index in [-0.39, 0.29) is 11.8 Å². The van der Waals surface area contributed by atoms with Crippen LogP contribution in [0.3, 0.4) is 0 Å². The smallest absolute Gasteiger partial charge is 0.257 e. The molecule has 3 rings (SSSR count). The van der Waals surface area contributed by atoms with Crippen molar-refractivity contribution < 1.29 is 9.90 Å². The number of benzene rings is 1. The van der Waals surface area contributed by atoms with E-state index in [2.05, 4.69) is 10.2 Å². The Kier molecular flexibility index (Phi) is 3.75. The first-order valence-corrected chi connectivity index (χ1v) is 7.23. The van der Waals surface area contributed by atoms with Gasteiger partial charge in [0, 0.05) is 18.7 Å². The molecule has 0 radical (unpaired) electrons. The second kappa shape index (κ2) is 5.69. The number of carbonyl (C=O) groups excluding carboxylic acids is 1. The monoisotopic (exact) mass is 285 g/mol.